The third kappa shape index (κ3) is 13.1. The van der Waals surface area contributed by atoms with Gasteiger partial charge in [-0.3, -0.25) is 24.3 Å². The van der Waals surface area contributed by atoms with Gasteiger partial charge in [0, 0.05) is 50.5 Å². The second-order valence-corrected chi connectivity index (χ2v) is 22.4. The molecule has 1 aromatic rings. The summed E-state index contributed by atoms with van der Waals surface area (Å²) < 4.78 is 61.1. The SMILES string of the molecule is COc1cc2cc(c1Cl)N(C)C(=O)CC(OC(=O)C(C)N(C)C(=O)CCC(C)(C)SSCCC(C(N)=O)S(=O)(=O)O)C1(C)OC1C(C)C1CC(O)(NC(=O)O1)C(OC)/C=C/C=C(\C)C2. The standard InChI is InChI=1S/C42H61ClN4O14S3/c1-23-12-11-13-31(58-10)42(53)22-29(59-39(52)45-42)24(2)36-41(6,61-36)32(21-34(49)47(8)27-19-26(18-23)20-28(57-9)35(27)43)60-38(51)25(3)46(7)33(48)14-16-40(4,5)63-62-17-15-30(37(44)50)64(54,55)56/h11-13,19-20,24-25,29-32,36,53H,14-18,21-22H2,1-10H3,(H2,44,50)(H,45,52)(H,54,55,56)/b13-11+,23-12+. The molecule has 0 aromatic heterocycles. The maximum Gasteiger partial charge on any atom is 0.409 e. The Kier molecular flexibility index (Phi) is 17.7. The number of epoxide rings is 1. The Hall–Kier alpha value is -3.57. The van der Waals surface area contributed by atoms with E-state index in [-0.39, 0.29) is 42.4 Å². The molecular formula is C42H61ClN4O14S3. The van der Waals surface area contributed by atoms with Gasteiger partial charge >= 0.3 is 12.1 Å². The van der Waals surface area contributed by atoms with Gasteiger partial charge in [-0.05, 0) is 71.6 Å². The number of hydrogen-bond donors (Lipinski definition) is 4. The maximum absolute atomic E-state index is 14.3. The van der Waals surface area contributed by atoms with Gasteiger partial charge in [-0.25, -0.2) is 9.59 Å². The summed E-state index contributed by atoms with van der Waals surface area (Å²) in [5.74, 6) is -2.90. The van der Waals surface area contributed by atoms with Crippen molar-refractivity contribution >= 4 is 78.8 Å². The first-order valence-electron chi connectivity index (χ1n) is 20.6. The molecule has 4 amide bonds. The number of allylic oxidation sites excluding steroid dienone is 3. The lowest BCUT2D eigenvalue weighted by Gasteiger charge is -2.42. The van der Waals surface area contributed by atoms with Crippen LogP contribution in [0.25, 0.3) is 0 Å². The number of anilines is 1. The number of hydrogen-bond acceptors (Lipinski definition) is 15. The summed E-state index contributed by atoms with van der Waals surface area (Å²) in [7, 11) is 3.86. The highest BCUT2D eigenvalue weighted by Gasteiger charge is 2.64. The van der Waals surface area contributed by atoms with Crippen molar-refractivity contribution in [2.75, 3.05) is 39.0 Å². The van der Waals surface area contributed by atoms with Crippen LogP contribution in [0.15, 0.2) is 35.9 Å². The summed E-state index contributed by atoms with van der Waals surface area (Å²) in [5, 5.41) is 12.8. The molecule has 4 rings (SSSR count). The van der Waals surface area contributed by atoms with E-state index < -0.39 is 91.7 Å². The fraction of sp³-hybridized carbons (Fsp3) is 0.643. The fourth-order valence-corrected chi connectivity index (χ4v) is 11.5. The zero-order chi connectivity index (χ0) is 48.1. The number of carbonyl (C=O) groups excluding carboxylic acids is 5. The second-order valence-electron chi connectivity index (χ2n) is 17.3. The van der Waals surface area contributed by atoms with E-state index in [1.165, 1.54) is 59.6 Å². The normalized spacial score (nSPS) is 28.9. The van der Waals surface area contributed by atoms with Crippen molar-refractivity contribution in [3.8, 4) is 5.75 Å². The molecule has 2 saturated heterocycles. The number of nitrogens with zero attached hydrogens (tertiary/aromatic N) is 2. The number of amides is 4. The monoisotopic (exact) mass is 976 g/mol. The second kappa shape index (κ2) is 21.4. The minimum atomic E-state index is -4.64. The smallest absolute Gasteiger partial charge is 0.409 e. The van der Waals surface area contributed by atoms with Crippen LogP contribution in [0.5, 0.6) is 5.75 Å². The summed E-state index contributed by atoms with van der Waals surface area (Å²) in [4.78, 5) is 68.8. The maximum atomic E-state index is 14.3. The third-order valence-corrected chi connectivity index (χ3v) is 16.8. The van der Waals surface area contributed by atoms with Crippen LogP contribution >= 0.6 is 33.2 Å². The Balaban J connectivity index is 1.58. The van der Waals surface area contributed by atoms with E-state index in [1.807, 2.05) is 26.8 Å². The van der Waals surface area contributed by atoms with Gasteiger partial charge in [0.15, 0.2) is 11.0 Å². The third-order valence-electron chi connectivity index (χ3n) is 11.9. The van der Waals surface area contributed by atoms with Gasteiger partial charge in [0.05, 0.1) is 25.3 Å². The molecule has 4 bridgehead atoms. The Bertz CT molecular complexity index is 2110. The number of alkyl carbamates (subject to hydrolysis) is 1. The van der Waals surface area contributed by atoms with Crippen molar-refractivity contribution in [2.24, 2.45) is 11.7 Å². The Morgan fingerprint density at radius 2 is 1.89 bits per heavy atom. The van der Waals surface area contributed by atoms with Crippen LogP contribution in [0.2, 0.25) is 5.02 Å². The molecule has 3 heterocycles. The molecule has 1 aromatic carbocycles. The average molecular weight is 978 g/mol. The number of nitrogens with two attached hydrogens (primary N) is 1. The number of ether oxygens (including phenoxy) is 5. The van der Waals surface area contributed by atoms with Crippen molar-refractivity contribution in [3.63, 3.8) is 0 Å². The van der Waals surface area contributed by atoms with Gasteiger partial charge in [0.25, 0.3) is 10.1 Å². The van der Waals surface area contributed by atoms with Crippen LogP contribution in [0, 0.1) is 5.92 Å². The van der Waals surface area contributed by atoms with E-state index >= 15 is 0 Å². The molecule has 0 saturated carbocycles. The lowest BCUT2D eigenvalue weighted by molar-refractivity contribution is -0.162. The molecule has 9 unspecified atom stereocenters. The first-order valence-corrected chi connectivity index (χ1v) is 24.8. The van der Waals surface area contributed by atoms with Gasteiger partial charge in [0.1, 0.15) is 40.7 Å². The van der Waals surface area contributed by atoms with Crippen molar-refractivity contribution in [3.05, 3.63) is 46.5 Å². The highest BCUT2D eigenvalue weighted by Crippen LogP contribution is 2.49. The predicted molar refractivity (Wildman–Crippen MR) is 243 cm³/mol. The molecule has 22 heteroatoms. The van der Waals surface area contributed by atoms with E-state index in [2.05, 4.69) is 5.32 Å². The van der Waals surface area contributed by atoms with Crippen molar-refractivity contribution in [1.82, 2.24) is 10.2 Å². The summed E-state index contributed by atoms with van der Waals surface area (Å²) in [6.07, 6.45) is 0.596. The number of primary amides is 1. The van der Waals surface area contributed by atoms with Gasteiger partial charge in [-0.15, -0.1) is 0 Å². The van der Waals surface area contributed by atoms with Gasteiger partial charge in [0.2, 0.25) is 17.7 Å². The molecule has 5 N–H and O–H groups in total. The summed E-state index contributed by atoms with van der Waals surface area (Å²) in [6, 6.07) is 2.41. The van der Waals surface area contributed by atoms with Crippen LogP contribution in [-0.2, 0) is 54.7 Å². The fourth-order valence-electron chi connectivity index (χ4n) is 7.64. The highest BCUT2D eigenvalue weighted by atomic mass is 35.5. The van der Waals surface area contributed by atoms with Gasteiger partial charge in [-0.2, -0.15) is 8.42 Å². The number of methoxy groups -OCH3 is 2. The molecule has 18 nitrogen and oxygen atoms in total. The first-order chi connectivity index (χ1) is 29.7. The molecule has 2 fully saturated rings. The van der Waals surface area contributed by atoms with E-state index in [0.717, 1.165) is 11.1 Å². The van der Waals surface area contributed by atoms with Crippen molar-refractivity contribution in [2.45, 2.75) is 132 Å². The number of rotatable bonds is 15. The highest BCUT2D eigenvalue weighted by molar-refractivity contribution is 8.77. The number of aliphatic hydroxyl groups is 1. The Morgan fingerprint density at radius 3 is 2.50 bits per heavy atom. The predicted octanol–water partition coefficient (Wildman–Crippen LogP) is 4.59. The summed E-state index contributed by atoms with van der Waals surface area (Å²) >= 11 is 6.79. The Labute approximate surface area is 387 Å². The molecule has 0 radical (unpaired) electrons. The van der Waals surface area contributed by atoms with Crippen LogP contribution in [0.4, 0.5) is 10.5 Å². The topological polar surface area (TPSA) is 254 Å². The van der Waals surface area contributed by atoms with Crippen molar-refractivity contribution < 1.29 is 65.7 Å². The first kappa shape index (κ1) is 53.0. The molecule has 3 aliphatic heterocycles. The van der Waals surface area contributed by atoms with E-state index in [9.17, 15) is 42.0 Å². The van der Waals surface area contributed by atoms with Crippen LogP contribution in [0.3, 0.4) is 0 Å². The van der Waals surface area contributed by atoms with Crippen LogP contribution in [-0.4, -0.2) is 139 Å². The summed E-state index contributed by atoms with van der Waals surface area (Å²) in [5.41, 5.74) is 3.96. The Morgan fingerprint density at radius 1 is 1.22 bits per heavy atom. The summed E-state index contributed by atoms with van der Waals surface area (Å²) in [6.45, 7) is 10.6. The zero-order valence-corrected chi connectivity index (χ0v) is 41.0. The lowest BCUT2D eigenvalue weighted by atomic mass is 9.83. The minimum absolute atomic E-state index is 0.0242. The number of halogens is 1. The number of likely N-dealkylation sites (N-methyl/N-ethyl adjacent to an activating group) is 1. The van der Waals surface area contributed by atoms with E-state index in [0.29, 0.717) is 24.3 Å². The largest absolute Gasteiger partial charge is 0.495 e. The quantitative estimate of drug-likeness (QED) is 0.0617. The minimum Gasteiger partial charge on any atom is -0.495 e. The number of fused-ring (bicyclic) bond motifs is 5. The lowest BCUT2D eigenvalue weighted by Crippen LogP contribution is -2.63. The molecule has 3 aliphatic rings. The molecule has 0 aliphatic carbocycles. The molecule has 358 valence electrons. The van der Waals surface area contributed by atoms with Crippen LogP contribution < -0.4 is 20.7 Å². The molecule has 64 heavy (non-hydrogen) atoms. The molecule has 9 atom stereocenters. The molecule has 0 spiro atoms. The van der Waals surface area contributed by atoms with Gasteiger partial charge in [-0.1, -0.05) is 63.9 Å². The molecular weight excluding hydrogens is 916 g/mol. The van der Waals surface area contributed by atoms with Crippen LogP contribution in [0.1, 0.15) is 79.2 Å². The number of benzene rings is 1. The zero-order valence-electron chi connectivity index (χ0n) is 37.7. The average Bonchev–Trinajstić information content (AvgIpc) is 3.91. The van der Waals surface area contributed by atoms with E-state index in [1.54, 1.807) is 45.2 Å². The van der Waals surface area contributed by atoms with E-state index in [4.69, 9.17) is 41.0 Å². The van der Waals surface area contributed by atoms with Gasteiger partial charge < -0.3 is 44.3 Å². The number of carbonyl (C=O) groups is 5. The van der Waals surface area contributed by atoms with Crippen molar-refractivity contribution in [1.29, 1.82) is 0 Å². The number of esters is 1. The number of nitrogens with one attached hydrogen (secondary N) is 1.